The predicted molar refractivity (Wildman–Crippen MR) is 84.7 cm³/mol. The highest BCUT2D eigenvalue weighted by molar-refractivity contribution is 5.69. The predicted octanol–water partition coefficient (Wildman–Crippen LogP) is 4.80. The Morgan fingerprint density at radius 2 is 1.75 bits per heavy atom. The second-order valence-electron chi connectivity index (χ2n) is 5.07. The number of rotatable bonds is 4. The van der Waals surface area contributed by atoms with E-state index in [9.17, 15) is 18.0 Å². The molecular formula is C18H17F3NO2. The van der Waals surface area contributed by atoms with E-state index < -0.39 is 17.8 Å². The molecule has 2 rings (SSSR count). The standard InChI is InChI=1S/C18H17F3NO2/c1-3-16(13-5-4-6-14(11-13)18(19,20)21)12-7-9-15(10-8-12)24-17(23)22-2/h4-11H,3H2,1-2H3,(H,22,23). The minimum absolute atomic E-state index is 0.359. The van der Waals surface area contributed by atoms with E-state index in [1.807, 2.05) is 6.92 Å². The van der Waals surface area contributed by atoms with Gasteiger partial charge in [0.15, 0.2) is 0 Å². The van der Waals surface area contributed by atoms with E-state index in [0.29, 0.717) is 17.7 Å². The molecule has 127 valence electrons. The zero-order valence-electron chi connectivity index (χ0n) is 13.3. The van der Waals surface area contributed by atoms with E-state index in [2.05, 4.69) is 5.32 Å². The van der Waals surface area contributed by atoms with Crippen LogP contribution in [-0.4, -0.2) is 13.1 Å². The highest BCUT2D eigenvalue weighted by atomic mass is 19.4. The first-order valence-corrected chi connectivity index (χ1v) is 7.38. The van der Waals surface area contributed by atoms with Crippen molar-refractivity contribution in [3.63, 3.8) is 0 Å². The van der Waals surface area contributed by atoms with Gasteiger partial charge in [0, 0.05) is 13.0 Å². The zero-order chi connectivity index (χ0) is 17.7. The van der Waals surface area contributed by atoms with E-state index in [-0.39, 0.29) is 0 Å². The summed E-state index contributed by atoms with van der Waals surface area (Å²) in [6.45, 7) is 1.88. The Morgan fingerprint density at radius 3 is 2.29 bits per heavy atom. The van der Waals surface area contributed by atoms with Crippen molar-refractivity contribution >= 4 is 6.09 Å². The van der Waals surface area contributed by atoms with Crippen LogP contribution in [0.5, 0.6) is 5.75 Å². The third-order valence-corrected chi connectivity index (χ3v) is 3.51. The number of hydrogen-bond acceptors (Lipinski definition) is 2. The Balaban J connectivity index is 2.27. The van der Waals surface area contributed by atoms with Gasteiger partial charge in [-0.2, -0.15) is 13.2 Å². The lowest BCUT2D eigenvalue weighted by molar-refractivity contribution is -0.137. The quantitative estimate of drug-likeness (QED) is 0.870. The highest BCUT2D eigenvalue weighted by Gasteiger charge is 2.31. The number of amides is 1. The van der Waals surface area contributed by atoms with E-state index in [0.717, 1.165) is 23.6 Å². The van der Waals surface area contributed by atoms with E-state index in [1.54, 1.807) is 30.3 Å². The first kappa shape index (κ1) is 17.8. The van der Waals surface area contributed by atoms with E-state index >= 15 is 0 Å². The number of carbonyl (C=O) groups excluding carboxylic acids is 1. The van der Waals surface area contributed by atoms with Crippen LogP contribution in [-0.2, 0) is 6.18 Å². The van der Waals surface area contributed by atoms with Crippen LogP contribution < -0.4 is 10.1 Å². The maximum Gasteiger partial charge on any atom is 0.416 e. The van der Waals surface area contributed by atoms with Crippen LogP contribution in [0.1, 0.15) is 30.0 Å². The van der Waals surface area contributed by atoms with Crippen LogP contribution in [0.4, 0.5) is 18.0 Å². The maximum atomic E-state index is 12.9. The Kier molecular flexibility index (Phi) is 5.49. The van der Waals surface area contributed by atoms with Crippen LogP contribution in [0.25, 0.3) is 0 Å². The molecule has 24 heavy (non-hydrogen) atoms. The van der Waals surface area contributed by atoms with Crippen LogP contribution in [0.2, 0.25) is 0 Å². The van der Waals surface area contributed by atoms with Crippen molar-refractivity contribution in [1.29, 1.82) is 0 Å². The summed E-state index contributed by atoms with van der Waals surface area (Å²) in [5, 5.41) is 2.34. The number of benzene rings is 2. The van der Waals surface area contributed by atoms with Gasteiger partial charge in [-0.3, -0.25) is 0 Å². The summed E-state index contributed by atoms with van der Waals surface area (Å²) in [5.41, 5.74) is 0.624. The smallest absolute Gasteiger partial charge is 0.410 e. The highest BCUT2D eigenvalue weighted by Crippen LogP contribution is 2.34. The van der Waals surface area contributed by atoms with Gasteiger partial charge in [0.2, 0.25) is 0 Å². The Hall–Kier alpha value is -2.50. The van der Waals surface area contributed by atoms with E-state index in [4.69, 9.17) is 4.74 Å². The fourth-order valence-electron chi connectivity index (χ4n) is 2.34. The molecule has 0 aliphatic rings. The molecule has 0 fully saturated rings. The van der Waals surface area contributed by atoms with Gasteiger partial charge in [-0.05, 0) is 35.7 Å². The maximum absolute atomic E-state index is 12.9. The second-order valence-corrected chi connectivity index (χ2v) is 5.07. The molecule has 1 amide bonds. The molecular weight excluding hydrogens is 319 g/mol. The van der Waals surface area contributed by atoms with E-state index in [1.165, 1.54) is 13.1 Å². The lowest BCUT2D eigenvalue weighted by atomic mass is 9.88. The van der Waals surface area contributed by atoms with Crippen molar-refractivity contribution in [3.8, 4) is 5.75 Å². The number of hydrogen-bond donors (Lipinski definition) is 1. The van der Waals surface area contributed by atoms with Gasteiger partial charge in [-0.25, -0.2) is 4.79 Å². The summed E-state index contributed by atoms with van der Waals surface area (Å²) in [6, 6.07) is 11.9. The molecule has 0 spiro atoms. The Labute approximate surface area is 138 Å². The molecule has 0 bridgehead atoms. The molecule has 0 unspecified atom stereocenters. The first-order chi connectivity index (χ1) is 11.3. The monoisotopic (exact) mass is 336 g/mol. The van der Waals surface area contributed by atoms with Crippen molar-refractivity contribution in [1.82, 2.24) is 5.32 Å². The summed E-state index contributed by atoms with van der Waals surface area (Å²) in [5.74, 6) is 1.14. The lowest BCUT2D eigenvalue weighted by Crippen LogP contribution is -2.22. The molecule has 0 aromatic heterocycles. The molecule has 0 aliphatic carbocycles. The number of ether oxygens (including phenoxy) is 1. The lowest BCUT2D eigenvalue weighted by Gasteiger charge is -2.17. The summed E-state index contributed by atoms with van der Waals surface area (Å²) in [4.78, 5) is 11.2. The molecule has 6 heteroatoms. The number of carbonyl (C=O) groups is 1. The number of halogens is 3. The van der Waals surface area contributed by atoms with Gasteiger partial charge >= 0.3 is 12.3 Å². The average molecular weight is 336 g/mol. The molecule has 0 saturated carbocycles. The molecule has 0 saturated heterocycles. The molecule has 0 heterocycles. The second kappa shape index (κ2) is 7.38. The summed E-state index contributed by atoms with van der Waals surface area (Å²) in [6.07, 6.45) is -4.39. The largest absolute Gasteiger partial charge is 0.416 e. The summed E-state index contributed by atoms with van der Waals surface area (Å²) < 4.78 is 43.6. The fraction of sp³-hybridized carbons (Fsp3) is 0.222. The van der Waals surface area contributed by atoms with Crippen molar-refractivity contribution < 1.29 is 22.7 Å². The third-order valence-electron chi connectivity index (χ3n) is 3.51. The molecule has 2 aromatic rings. The molecule has 1 N–H and O–H groups in total. The minimum atomic E-state index is -4.37. The molecule has 2 aromatic carbocycles. The van der Waals surface area contributed by atoms with Gasteiger partial charge < -0.3 is 10.1 Å². The minimum Gasteiger partial charge on any atom is -0.410 e. The van der Waals surface area contributed by atoms with Crippen molar-refractivity contribution in [2.75, 3.05) is 7.05 Å². The third kappa shape index (κ3) is 4.28. The summed E-state index contributed by atoms with van der Waals surface area (Å²) in [7, 11) is 1.45. The van der Waals surface area contributed by atoms with Crippen molar-refractivity contribution in [2.45, 2.75) is 19.5 Å². The first-order valence-electron chi connectivity index (χ1n) is 7.38. The Bertz CT molecular complexity index is 696. The Morgan fingerprint density at radius 1 is 1.08 bits per heavy atom. The SMILES string of the molecule is CC[C](c1ccc(OC(=O)NC)cc1)c1cccc(C(F)(F)F)c1. The van der Waals surface area contributed by atoms with Gasteiger partial charge in [0.1, 0.15) is 5.75 Å². The zero-order valence-corrected chi connectivity index (χ0v) is 13.3. The van der Waals surface area contributed by atoms with Crippen molar-refractivity contribution in [2.24, 2.45) is 0 Å². The van der Waals surface area contributed by atoms with Gasteiger partial charge in [0.05, 0.1) is 5.56 Å². The van der Waals surface area contributed by atoms with Crippen LogP contribution >= 0.6 is 0 Å². The number of nitrogens with one attached hydrogen (secondary N) is 1. The van der Waals surface area contributed by atoms with Crippen LogP contribution in [0.15, 0.2) is 48.5 Å². The van der Waals surface area contributed by atoms with Gasteiger partial charge in [-0.1, -0.05) is 37.3 Å². The molecule has 1 radical (unpaired) electrons. The van der Waals surface area contributed by atoms with Gasteiger partial charge in [-0.15, -0.1) is 0 Å². The normalized spacial score (nSPS) is 11.4. The molecule has 3 nitrogen and oxygen atoms in total. The average Bonchev–Trinajstić information content (AvgIpc) is 2.56. The van der Waals surface area contributed by atoms with Crippen molar-refractivity contribution in [3.05, 3.63) is 71.1 Å². The topological polar surface area (TPSA) is 38.3 Å². The van der Waals surface area contributed by atoms with Crippen LogP contribution in [0.3, 0.4) is 0 Å². The van der Waals surface area contributed by atoms with Gasteiger partial charge in [0.25, 0.3) is 0 Å². The molecule has 0 aliphatic heterocycles. The fourth-order valence-corrected chi connectivity index (χ4v) is 2.34. The number of alkyl halides is 3. The molecule has 0 atom stereocenters. The summed E-state index contributed by atoms with van der Waals surface area (Å²) >= 11 is 0. The van der Waals surface area contributed by atoms with Crippen LogP contribution in [0, 0.1) is 5.92 Å².